The number of carbonyl (C=O) groups is 2. The molecule has 2 fully saturated rings. The topological polar surface area (TPSA) is 73.7 Å². The van der Waals surface area contributed by atoms with Gasteiger partial charge < -0.3 is 18.9 Å². The second-order valence-electron chi connectivity index (χ2n) is 11.3. The minimum atomic E-state index is -0.541. The summed E-state index contributed by atoms with van der Waals surface area (Å²) in [6.07, 6.45) is 6.84. The third-order valence-electron chi connectivity index (χ3n) is 8.47. The Labute approximate surface area is 246 Å². The van der Waals surface area contributed by atoms with Gasteiger partial charge in [0.25, 0.3) is 0 Å². The van der Waals surface area contributed by atoms with Crippen molar-refractivity contribution in [3.05, 3.63) is 84.4 Å². The summed E-state index contributed by atoms with van der Waals surface area (Å²) >= 11 is 0. The van der Waals surface area contributed by atoms with E-state index >= 15 is 0 Å². The largest absolute Gasteiger partial charge is 0.406 e. The highest BCUT2D eigenvalue weighted by Gasteiger charge is 2.28. The number of aromatic nitrogens is 2. The molecule has 0 unspecified atom stereocenters. The van der Waals surface area contributed by atoms with Crippen molar-refractivity contribution >= 4 is 22.8 Å². The van der Waals surface area contributed by atoms with Gasteiger partial charge >= 0.3 is 5.97 Å². The Bertz CT molecular complexity index is 1610. The van der Waals surface area contributed by atoms with Crippen molar-refractivity contribution in [1.29, 1.82) is 0 Å². The third-order valence-corrected chi connectivity index (χ3v) is 8.47. The summed E-state index contributed by atoms with van der Waals surface area (Å²) in [6, 6.07) is 20.8. The first-order valence-electron chi connectivity index (χ1n) is 14.9. The highest BCUT2D eigenvalue weighted by Crippen LogP contribution is 2.43. The van der Waals surface area contributed by atoms with Crippen LogP contribution in [0, 0.1) is 6.92 Å². The van der Waals surface area contributed by atoms with Gasteiger partial charge in [-0.25, -0.2) is 9.78 Å². The molecule has 1 aliphatic heterocycles. The number of ether oxygens (including phenoxy) is 2. The molecule has 0 bridgehead atoms. The van der Waals surface area contributed by atoms with E-state index in [0.29, 0.717) is 38.1 Å². The monoisotopic (exact) mass is 563 g/mol. The lowest BCUT2D eigenvalue weighted by atomic mass is 9.83. The SMILES string of the molecule is C=CC(=O)Oc1cc(C2CCCCC2)c(-c2ccc3nc(-c4ccc(C)cc4)ccc3c2)n1CC(=O)N1CCOCC1. The maximum atomic E-state index is 13.5. The van der Waals surface area contributed by atoms with E-state index in [2.05, 4.69) is 62.0 Å². The Balaban J connectivity index is 1.45. The van der Waals surface area contributed by atoms with Crippen LogP contribution in [0.25, 0.3) is 33.4 Å². The van der Waals surface area contributed by atoms with Crippen molar-refractivity contribution < 1.29 is 19.1 Å². The Morgan fingerprint density at radius 3 is 2.45 bits per heavy atom. The van der Waals surface area contributed by atoms with E-state index < -0.39 is 5.97 Å². The number of carbonyl (C=O) groups excluding carboxylic acids is 2. The van der Waals surface area contributed by atoms with E-state index in [9.17, 15) is 9.59 Å². The third kappa shape index (κ3) is 5.88. The first kappa shape index (κ1) is 27.9. The summed E-state index contributed by atoms with van der Waals surface area (Å²) < 4.78 is 13.1. The molecule has 0 N–H and O–H groups in total. The first-order chi connectivity index (χ1) is 20.5. The Morgan fingerprint density at radius 2 is 1.71 bits per heavy atom. The number of esters is 1. The number of nitrogens with zero attached hydrogens (tertiary/aromatic N) is 3. The van der Waals surface area contributed by atoms with E-state index in [1.54, 1.807) is 0 Å². The summed E-state index contributed by atoms with van der Waals surface area (Å²) in [5, 5.41) is 1.01. The van der Waals surface area contributed by atoms with Gasteiger partial charge in [0.1, 0.15) is 6.54 Å². The van der Waals surface area contributed by atoms with Crippen LogP contribution >= 0.6 is 0 Å². The van der Waals surface area contributed by atoms with E-state index in [0.717, 1.165) is 70.7 Å². The van der Waals surface area contributed by atoms with Crippen LogP contribution in [0.1, 0.15) is 49.1 Å². The maximum absolute atomic E-state index is 13.5. The molecule has 2 aromatic carbocycles. The molecule has 7 heteroatoms. The zero-order valence-corrected chi connectivity index (χ0v) is 24.2. The predicted octanol–water partition coefficient (Wildman–Crippen LogP) is 6.68. The number of amides is 1. The van der Waals surface area contributed by atoms with Crippen molar-refractivity contribution in [3.63, 3.8) is 0 Å². The molecule has 1 saturated carbocycles. The molecule has 6 rings (SSSR count). The molecule has 42 heavy (non-hydrogen) atoms. The van der Waals surface area contributed by atoms with Gasteiger partial charge in [-0.05, 0) is 55.0 Å². The van der Waals surface area contributed by atoms with Crippen LogP contribution < -0.4 is 4.74 Å². The molecule has 1 saturated heterocycles. The lowest BCUT2D eigenvalue weighted by Crippen LogP contribution is -2.42. The lowest BCUT2D eigenvalue weighted by Gasteiger charge is -2.28. The molecule has 216 valence electrons. The average Bonchev–Trinajstić information content (AvgIpc) is 3.38. The highest BCUT2D eigenvalue weighted by atomic mass is 16.5. The van der Waals surface area contributed by atoms with Crippen LogP contribution in [0.15, 0.2) is 73.3 Å². The van der Waals surface area contributed by atoms with E-state index in [1.165, 1.54) is 12.0 Å². The fraction of sp³-hybridized carbons (Fsp3) is 0.343. The number of hydrogen-bond acceptors (Lipinski definition) is 5. The van der Waals surface area contributed by atoms with Crippen molar-refractivity contribution in [2.24, 2.45) is 0 Å². The van der Waals surface area contributed by atoms with E-state index in [-0.39, 0.29) is 12.5 Å². The molecule has 1 aliphatic carbocycles. The fourth-order valence-corrected chi connectivity index (χ4v) is 6.18. The average molecular weight is 564 g/mol. The number of hydrogen-bond donors (Lipinski definition) is 0. The molecule has 2 aliphatic rings. The molecule has 1 amide bonds. The second kappa shape index (κ2) is 12.3. The van der Waals surface area contributed by atoms with Gasteiger partial charge in [0.15, 0.2) is 0 Å². The lowest BCUT2D eigenvalue weighted by molar-refractivity contribution is -0.136. The molecular formula is C35H37N3O4. The standard InChI is InChI=1S/C35H37N3O4/c1-3-34(40)42-33-22-29(25-7-5-4-6-8-25)35(38(33)23-32(39)37-17-19-41-20-18-37)28-14-16-31-27(21-28)13-15-30(36-31)26-11-9-24(2)10-12-26/h3,9-16,21-22,25H,1,4-8,17-20,23H2,2H3. The molecule has 7 nitrogen and oxygen atoms in total. The Hall–Kier alpha value is -4.23. The number of benzene rings is 2. The van der Waals surface area contributed by atoms with Gasteiger partial charge in [0.05, 0.1) is 30.1 Å². The van der Waals surface area contributed by atoms with E-state index in [4.69, 9.17) is 14.5 Å². The summed E-state index contributed by atoms with van der Waals surface area (Å²) in [4.78, 5) is 32.7. The first-order valence-corrected chi connectivity index (χ1v) is 14.9. The van der Waals surface area contributed by atoms with Crippen LogP contribution in [0.2, 0.25) is 0 Å². The van der Waals surface area contributed by atoms with Crippen LogP contribution in [-0.2, 0) is 20.9 Å². The van der Waals surface area contributed by atoms with Crippen molar-refractivity contribution in [3.8, 4) is 28.4 Å². The van der Waals surface area contributed by atoms with Gasteiger partial charge in [-0.3, -0.25) is 4.79 Å². The summed E-state index contributed by atoms with van der Waals surface area (Å²) in [7, 11) is 0. The minimum absolute atomic E-state index is 0.0218. The van der Waals surface area contributed by atoms with Crippen molar-refractivity contribution in [2.75, 3.05) is 26.3 Å². The van der Waals surface area contributed by atoms with Crippen molar-refractivity contribution in [2.45, 2.75) is 51.5 Å². The van der Waals surface area contributed by atoms with Crippen LogP contribution in [0.3, 0.4) is 0 Å². The molecule has 4 aromatic rings. The molecule has 3 heterocycles. The number of fused-ring (bicyclic) bond motifs is 1. The van der Waals surface area contributed by atoms with Crippen molar-refractivity contribution in [1.82, 2.24) is 14.5 Å². The van der Waals surface area contributed by atoms with Gasteiger partial charge in [-0.1, -0.05) is 67.8 Å². The summed E-state index contributed by atoms with van der Waals surface area (Å²) in [5.41, 5.74) is 7.15. The maximum Gasteiger partial charge on any atom is 0.336 e. The summed E-state index contributed by atoms with van der Waals surface area (Å²) in [6.45, 7) is 7.90. The Morgan fingerprint density at radius 1 is 0.976 bits per heavy atom. The van der Waals surface area contributed by atoms with Gasteiger partial charge in [0, 0.05) is 36.2 Å². The normalized spacial score (nSPS) is 16.0. The molecule has 0 spiro atoms. The fourth-order valence-electron chi connectivity index (χ4n) is 6.18. The molecular weight excluding hydrogens is 526 g/mol. The quantitative estimate of drug-likeness (QED) is 0.185. The van der Waals surface area contributed by atoms with Gasteiger partial charge in [0.2, 0.25) is 11.8 Å². The van der Waals surface area contributed by atoms with Crippen LogP contribution in [0.4, 0.5) is 0 Å². The van der Waals surface area contributed by atoms with Gasteiger partial charge in [-0.2, -0.15) is 0 Å². The second-order valence-corrected chi connectivity index (χ2v) is 11.3. The molecule has 0 atom stereocenters. The predicted molar refractivity (Wildman–Crippen MR) is 164 cm³/mol. The molecule has 2 aromatic heterocycles. The molecule has 0 radical (unpaired) electrons. The minimum Gasteiger partial charge on any atom is -0.406 e. The highest BCUT2D eigenvalue weighted by molar-refractivity contribution is 5.88. The Kier molecular flexibility index (Phi) is 8.20. The number of rotatable bonds is 7. The van der Waals surface area contributed by atoms with Crippen LogP contribution in [0.5, 0.6) is 5.88 Å². The van der Waals surface area contributed by atoms with Crippen LogP contribution in [-0.4, -0.2) is 52.6 Å². The zero-order chi connectivity index (χ0) is 29.1. The smallest absolute Gasteiger partial charge is 0.336 e. The number of morpholine rings is 1. The number of pyridine rings is 1. The zero-order valence-electron chi connectivity index (χ0n) is 24.2. The number of aryl methyl sites for hydroxylation is 1. The van der Waals surface area contributed by atoms with E-state index in [1.807, 2.05) is 21.6 Å². The summed E-state index contributed by atoms with van der Waals surface area (Å²) in [5.74, 6) is 0.143. The van der Waals surface area contributed by atoms with Gasteiger partial charge in [-0.15, -0.1) is 0 Å².